The van der Waals surface area contributed by atoms with Gasteiger partial charge in [0.2, 0.25) is 0 Å². The number of carbonyl (C=O) groups excluding carboxylic acids is 2. The lowest BCUT2D eigenvalue weighted by Crippen LogP contribution is -2.48. The van der Waals surface area contributed by atoms with Crippen LogP contribution in [0.2, 0.25) is 0 Å². The smallest absolute Gasteiger partial charge is 0.262 e. The number of hydrogen-bond donors (Lipinski definition) is 2. The van der Waals surface area contributed by atoms with Crippen LogP contribution in [0.1, 0.15) is 29.8 Å². The molecule has 7 heteroatoms. The largest absolute Gasteiger partial charge is 0.496 e. The number of amides is 2. The van der Waals surface area contributed by atoms with Crippen LogP contribution in [0.3, 0.4) is 0 Å². The van der Waals surface area contributed by atoms with Gasteiger partial charge in [-0.2, -0.15) is 5.10 Å². The molecule has 1 atom stereocenters. The van der Waals surface area contributed by atoms with Gasteiger partial charge in [0.1, 0.15) is 17.6 Å². The number of benzene rings is 2. The number of nitrogens with zero attached hydrogens (tertiary/aromatic N) is 1. The van der Waals surface area contributed by atoms with Crippen molar-refractivity contribution in [2.75, 3.05) is 7.11 Å². The first-order valence-electron chi connectivity index (χ1n) is 8.45. The van der Waals surface area contributed by atoms with E-state index in [2.05, 4.69) is 15.8 Å². The molecule has 6 nitrogen and oxygen atoms in total. The minimum absolute atomic E-state index is 0.117. The fourth-order valence-corrected chi connectivity index (χ4v) is 2.41. The molecular weight excluding hydrogens is 349 g/mol. The molecule has 0 saturated heterocycles. The molecule has 0 aliphatic carbocycles. The first-order valence-corrected chi connectivity index (χ1v) is 8.45. The predicted molar refractivity (Wildman–Crippen MR) is 101 cm³/mol. The van der Waals surface area contributed by atoms with E-state index < -0.39 is 23.7 Å². The Bertz CT molecular complexity index is 837. The molecule has 1 unspecified atom stereocenters. The predicted octanol–water partition coefficient (Wildman–Crippen LogP) is 2.74. The lowest BCUT2D eigenvalue weighted by Gasteiger charge is -2.20. The van der Waals surface area contributed by atoms with Gasteiger partial charge in [0.25, 0.3) is 11.8 Å². The lowest BCUT2D eigenvalue weighted by molar-refractivity contribution is -0.123. The highest BCUT2D eigenvalue weighted by molar-refractivity contribution is 5.98. The minimum atomic E-state index is -0.869. The number of carbonyl (C=O) groups is 2. The SMILES string of the molecule is COc1ccccc1C=NNC(=O)C(NC(=O)c1ccccc1F)C(C)C. The minimum Gasteiger partial charge on any atom is -0.496 e. The zero-order chi connectivity index (χ0) is 19.8. The third kappa shape index (κ3) is 5.37. The molecule has 2 aromatic carbocycles. The van der Waals surface area contributed by atoms with Crippen LogP contribution in [-0.4, -0.2) is 31.2 Å². The Morgan fingerprint density at radius 1 is 1.11 bits per heavy atom. The van der Waals surface area contributed by atoms with Crippen molar-refractivity contribution in [1.29, 1.82) is 0 Å². The van der Waals surface area contributed by atoms with Crippen molar-refractivity contribution in [2.45, 2.75) is 19.9 Å². The van der Waals surface area contributed by atoms with Gasteiger partial charge in [0.15, 0.2) is 0 Å². The van der Waals surface area contributed by atoms with E-state index in [9.17, 15) is 14.0 Å². The van der Waals surface area contributed by atoms with E-state index in [1.54, 1.807) is 32.0 Å². The zero-order valence-corrected chi connectivity index (χ0v) is 15.4. The second kappa shape index (κ2) is 9.47. The molecule has 0 radical (unpaired) electrons. The molecule has 142 valence electrons. The molecular formula is C20H22FN3O3. The third-order valence-electron chi connectivity index (χ3n) is 3.87. The molecule has 2 N–H and O–H groups in total. The van der Waals surface area contributed by atoms with Crippen molar-refractivity contribution in [1.82, 2.24) is 10.7 Å². The van der Waals surface area contributed by atoms with E-state index in [0.29, 0.717) is 11.3 Å². The summed E-state index contributed by atoms with van der Waals surface area (Å²) in [5.74, 6) is -1.41. The van der Waals surface area contributed by atoms with Crippen LogP contribution in [-0.2, 0) is 4.79 Å². The number of halogens is 1. The third-order valence-corrected chi connectivity index (χ3v) is 3.87. The second-order valence-corrected chi connectivity index (χ2v) is 6.15. The molecule has 0 aliphatic heterocycles. The van der Waals surface area contributed by atoms with E-state index in [4.69, 9.17) is 4.74 Å². The number of nitrogens with one attached hydrogen (secondary N) is 2. The van der Waals surface area contributed by atoms with Gasteiger partial charge < -0.3 is 10.1 Å². The molecule has 0 aromatic heterocycles. The van der Waals surface area contributed by atoms with Gasteiger partial charge in [-0.3, -0.25) is 9.59 Å². The molecule has 0 saturated carbocycles. The average molecular weight is 371 g/mol. The van der Waals surface area contributed by atoms with E-state index in [1.165, 1.54) is 31.5 Å². The molecule has 27 heavy (non-hydrogen) atoms. The fourth-order valence-electron chi connectivity index (χ4n) is 2.41. The van der Waals surface area contributed by atoms with Crippen molar-refractivity contribution < 1.29 is 18.7 Å². The summed E-state index contributed by atoms with van der Waals surface area (Å²) in [5, 5.41) is 6.48. The normalized spacial score (nSPS) is 12.0. The van der Waals surface area contributed by atoms with Crippen molar-refractivity contribution in [3.8, 4) is 5.75 Å². The van der Waals surface area contributed by atoms with Crippen LogP contribution in [0, 0.1) is 11.7 Å². The summed E-state index contributed by atoms with van der Waals surface area (Å²) in [7, 11) is 1.54. The average Bonchev–Trinajstić information content (AvgIpc) is 2.66. The maximum atomic E-state index is 13.8. The number of hydrogen-bond acceptors (Lipinski definition) is 4. The summed E-state index contributed by atoms with van der Waals surface area (Å²) in [6, 6.07) is 11.9. The Hall–Kier alpha value is -3.22. The molecule has 2 aromatic rings. The summed E-state index contributed by atoms with van der Waals surface area (Å²) >= 11 is 0. The zero-order valence-electron chi connectivity index (χ0n) is 15.4. The fraction of sp³-hybridized carbons (Fsp3) is 0.250. The van der Waals surface area contributed by atoms with Gasteiger partial charge in [0, 0.05) is 5.56 Å². The first-order chi connectivity index (χ1) is 12.9. The molecule has 2 amide bonds. The Morgan fingerprint density at radius 3 is 2.44 bits per heavy atom. The van der Waals surface area contributed by atoms with E-state index >= 15 is 0 Å². The van der Waals surface area contributed by atoms with E-state index in [-0.39, 0.29) is 11.5 Å². The van der Waals surface area contributed by atoms with Gasteiger partial charge in [-0.05, 0) is 30.2 Å². The summed E-state index contributed by atoms with van der Waals surface area (Å²) in [6.07, 6.45) is 1.45. The van der Waals surface area contributed by atoms with Gasteiger partial charge in [0.05, 0.1) is 18.9 Å². The lowest BCUT2D eigenvalue weighted by atomic mass is 10.0. The van der Waals surface area contributed by atoms with Crippen molar-refractivity contribution in [3.63, 3.8) is 0 Å². The van der Waals surface area contributed by atoms with Crippen LogP contribution in [0.4, 0.5) is 4.39 Å². The number of ether oxygens (including phenoxy) is 1. The van der Waals surface area contributed by atoms with E-state index in [1.807, 2.05) is 12.1 Å². The Labute approximate surface area is 157 Å². The van der Waals surface area contributed by atoms with Gasteiger partial charge in [-0.15, -0.1) is 0 Å². The van der Waals surface area contributed by atoms with Gasteiger partial charge in [-0.1, -0.05) is 38.1 Å². The van der Waals surface area contributed by atoms with Crippen LogP contribution in [0.5, 0.6) is 5.75 Å². The number of para-hydroxylation sites is 1. The Morgan fingerprint density at radius 2 is 1.78 bits per heavy atom. The molecule has 0 heterocycles. The Kier molecular flexibility index (Phi) is 7.05. The van der Waals surface area contributed by atoms with Gasteiger partial charge in [-0.25, -0.2) is 9.82 Å². The second-order valence-electron chi connectivity index (χ2n) is 6.15. The van der Waals surface area contributed by atoms with E-state index in [0.717, 1.165) is 0 Å². The monoisotopic (exact) mass is 371 g/mol. The summed E-state index contributed by atoms with van der Waals surface area (Å²) in [4.78, 5) is 24.7. The summed E-state index contributed by atoms with van der Waals surface area (Å²) in [6.45, 7) is 3.55. The first kappa shape index (κ1) is 20.1. The maximum absolute atomic E-state index is 13.8. The highest BCUT2D eigenvalue weighted by atomic mass is 19.1. The van der Waals surface area contributed by atoms with Crippen molar-refractivity contribution >= 4 is 18.0 Å². The highest BCUT2D eigenvalue weighted by Crippen LogP contribution is 2.14. The molecule has 0 fully saturated rings. The highest BCUT2D eigenvalue weighted by Gasteiger charge is 2.25. The number of methoxy groups -OCH3 is 1. The van der Waals surface area contributed by atoms with Gasteiger partial charge >= 0.3 is 0 Å². The van der Waals surface area contributed by atoms with Crippen LogP contribution in [0.15, 0.2) is 53.6 Å². The molecule has 2 rings (SSSR count). The Balaban J connectivity index is 2.05. The number of rotatable bonds is 7. The maximum Gasteiger partial charge on any atom is 0.262 e. The summed E-state index contributed by atoms with van der Waals surface area (Å²) in [5.41, 5.74) is 2.98. The molecule has 0 aliphatic rings. The topological polar surface area (TPSA) is 79.8 Å². The standard InChI is InChI=1S/C20H22FN3O3/c1-13(2)18(23-19(25)15-9-5-6-10-16(15)21)20(26)24-22-12-14-8-4-7-11-17(14)27-3/h4-13,18H,1-3H3,(H,23,25)(H,24,26). The van der Waals surface area contributed by atoms with Crippen molar-refractivity contribution in [3.05, 3.63) is 65.5 Å². The summed E-state index contributed by atoms with van der Waals surface area (Å²) < 4.78 is 19.0. The molecule has 0 bridgehead atoms. The number of hydrazone groups is 1. The molecule has 0 spiro atoms. The quantitative estimate of drug-likeness (QED) is 0.580. The van der Waals surface area contributed by atoms with Crippen LogP contribution >= 0.6 is 0 Å². The van der Waals surface area contributed by atoms with Crippen LogP contribution < -0.4 is 15.5 Å². The van der Waals surface area contributed by atoms with Crippen molar-refractivity contribution in [2.24, 2.45) is 11.0 Å². The van der Waals surface area contributed by atoms with Crippen LogP contribution in [0.25, 0.3) is 0 Å².